The fraction of sp³-hybridized carbons (Fsp3) is 0.462. The number of primary amides is 1. The van der Waals surface area contributed by atoms with Crippen LogP contribution < -0.4 is 11.1 Å². The zero-order valence-electron chi connectivity index (χ0n) is 9.82. The van der Waals surface area contributed by atoms with E-state index in [1.165, 1.54) is 0 Å². The minimum absolute atomic E-state index is 0.279. The SMILES string of the molecule is NC(=O)c1cccc(CO[C@H]2CCCNC2)c1. The third-order valence-corrected chi connectivity index (χ3v) is 2.95. The summed E-state index contributed by atoms with van der Waals surface area (Å²) >= 11 is 0. The van der Waals surface area contributed by atoms with E-state index >= 15 is 0 Å². The normalized spacial score (nSPS) is 20.1. The molecular weight excluding hydrogens is 216 g/mol. The van der Waals surface area contributed by atoms with Gasteiger partial charge in [0.25, 0.3) is 0 Å². The monoisotopic (exact) mass is 234 g/mol. The summed E-state index contributed by atoms with van der Waals surface area (Å²) in [5.74, 6) is -0.397. The lowest BCUT2D eigenvalue weighted by atomic mass is 10.1. The predicted octanol–water partition coefficient (Wildman–Crippen LogP) is 1.05. The molecule has 1 aromatic carbocycles. The second kappa shape index (κ2) is 5.80. The summed E-state index contributed by atoms with van der Waals surface area (Å²) in [6.45, 7) is 2.53. The Hall–Kier alpha value is -1.39. The number of carbonyl (C=O) groups is 1. The first-order valence-electron chi connectivity index (χ1n) is 5.97. The molecule has 0 saturated carbocycles. The van der Waals surface area contributed by atoms with Crippen LogP contribution in [0.5, 0.6) is 0 Å². The molecule has 1 saturated heterocycles. The summed E-state index contributed by atoms with van der Waals surface area (Å²) in [5, 5.41) is 3.30. The first-order valence-corrected chi connectivity index (χ1v) is 5.97. The summed E-state index contributed by atoms with van der Waals surface area (Å²) < 4.78 is 5.79. The zero-order chi connectivity index (χ0) is 12.1. The van der Waals surface area contributed by atoms with Gasteiger partial charge in [-0.05, 0) is 37.1 Å². The Morgan fingerprint density at radius 3 is 3.12 bits per heavy atom. The van der Waals surface area contributed by atoms with Crippen molar-refractivity contribution in [3.63, 3.8) is 0 Å². The van der Waals surface area contributed by atoms with Crippen LogP contribution in [0, 0.1) is 0 Å². The summed E-state index contributed by atoms with van der Waals surface area (Å²) in [5.41, 5.74) is 6.76. The van der Waals surface area contributed by atoms with E-state index in [0.717, 1.165) is 31.5 Å². The fourth-order valence-electron chi connectivity index (χ4n) is 1.99. The Balaban J connectivity index is 1.89. The smallest absolute Gasteiger partial charge is 0.248 e. The number of ether oxygens (including phenoxy) is 1. The van der Waals surface area contributed by atoms with E-state index in [4.69, 9.17) is 10.5 Å². The van der Waals surface area contributed by atoms with Gasteiger partial charge in [0, 0.05) is 12.1 Å². The van der Waals surface area contributed by atoms with Crippen LogP contribution in [-0.2, 0) is 11.3 Å². The molecule has 0 radical (unpaired) electrons. The van der Waals surface area contributed by atoms with Crippen LogP contribution in [0.3, 0.4) is 0 Å². The number of benzene rings is 1. The number of nitrogens with two attached hydrogens (primary N) is 1. The molecule has 4 heteroatoms. The van der Waals surface area contributed by atoms with E-state index in [1.807, 2.05) is 12.1 Å². The fourth-order valence-corrected chi connectivity index (χ4v) is 1.99. The van der Waals surface area contributed by atoms with Gasteiger partial charge in [-0.25, -0.2) is 0 Å². The molecular formula is C13H18N2O2. The van der Waals surface area contributed by atoms with Crippen LogP contribution in [0.25, 0.3) is 0 Å². The second-order valence-electron chi connectivity index (χ2n) is 4.34. The van der Waals surface area contributed by atoms with Gasteiger partial charge >= 0.3 is 0 Å². The molecule has 3 N–H and O–H groups in total. The maximum atomic E-state index is 11.0. The highest BCUT2D eigenvalue weighted by Crippen LogP contribution is 2.11. The Morgan fingerprint density at radius 2 is 2.41 bits per heavy atom. The molecule has 1 atom stereocenters. The molecule has 1 aromatic rings. The van der Waals surface area contributed by atoms with Crippen LogP contribution in [-0.4, -0.2) is 25.1 Å². The molecule has 0 bridgehead atoms. The minimum Gasteiger partial charge on any atom is -0.372 e. The maximum Gasteiger partial charge on any atom is 0.248 e. The number of amides is 1. The van der Waals surface area contributed by atoms with Crippen molar-refractivity contribution in [2.45, 2.75) is 25.6 Å². The average Bonchev–Trinajstić information content (AvgIpc) is 2.38. The second-order valence-corrected chi connectivity index (χ2v) is 4.34. The van der Waals surface area contributed by atoms with Gasteiger partial charge in [0.2, 0.25) is 5.91 Å². The van der Waals surface area contributed by atoms with Gasteiger partial charge in [-0.2, -0.15) is 0 Å². The van der Waals surface area contributed by atoms with Gasteiger partial charge in [0.15, 0.2) is 0 Å². The zero-order valence-corrected chi connectivity index (χ0v) is 9.82. The van der Waals surface area contributed by atoms with E-state index in [1.54, 1.807) is 12.1 Å². The molecule has 1 aliphatic heterocycles. The standard InChI is InChI=1S/C13H18N2O2/c14-13(16)11-4-1-3-10(7-11)9-17-12-5-2-6-15-8-12/h1,3-4,7,12,15H,2,5-6,8-9H2,(H2,14,16)/t12-/m0/s1. The summed E-state index contributed by atoms with van der Waals surface area (Å²) in [7, 11) is 0. The third-order valence-electron chi connectivity index (χ3n) is 2.95. The first-order chi connectivity index (χ1) is 8.25. The Morgan fingerprint density at radius 1 is 1.53 bits per heavy atom. The number of carbonyl (C=O) groups excluding carboxylic acids is 1. The lowest BCUT2D eigenvalue weighted by Crippen LogP contribution is -2.35. The Labute approximate surface area is 101 Å². The van der Waals surface area contributed by atoms with E-state index in [9.17, 15) is 4.79 Å². The molecule has 0 aromatic heterocycles. The molecule has 92 valence electrons. The van der Waals surface area contributed by atoms with Crippen molar-refractivity contribution in [1.82, 2.24) is 5.32 Å². The largest absolute Gasteiger partial charge is 0.372 e. The van der Waals surface area contributed by atoms with E-state index in [2.05, 4.69) is 5.32 Å². The van der Waals surface area contributed by atoms with Crippen molar-refractivity contribution in [2.24, 2.45) is 5.73 Å². The molecule has 0 aliphatic carbocycles. The molecule has 1 fully saturated rings. The molecule has 0 unspecified atom stereocenters. The van der Waals surface area contributed by atoms with Crippen molar-refractivity contribution in [3.8, 4) is 0 Å². The molecule has 4 nitrogen and oxygen atoms in total. The van der Waals surface area contributed by atoms with Gasteiger partial charge in [-0.1, -0.05) is 12.1 Å². The molecule has 1 heterocycles. The van der Waals surface area contributed by atoms with Gasteiger partial charge < -0.3 is 15.8 Å². The van der Waals surface area contributed by atoms with Gasteiger partial charge in [-0.3, -0.25) is 4.79 Å². The van der Waals surface area contributed by atoms with Crippen molar-refractivity contribution in [1.29, 1.82) is 0 Å². The lowest BCUT2D eigenvalue weighted by Gasteiger charge is -2.23. The number of hydrogen-bond donors (Lipinski definition) is 2. The summed E-state index contributed by atoms with van der Waals surface area (Å²) in [6.07, 6.45) is 2.54. The topological polar surface area (TPSA) is 64.4 Å². The molecule has 1 amide bonds. The van der Waals surface area contributed by atoms with Gasteiger partial charge in [-0.15, -0.1) is 0 Å². The van der Waals surface area contributed by atoms with Crippen LogP contribution in [0.1, 0.15) is 28.8 Å². The quantitative estimate of drug-likeness (QED) is 0.818. The highest BCUT2D eigenvalue weighted by molar-refractivity contribution is 5.92. The van der Waals surface area contributed by atoms with Crippen molar-refractivity contribution in [3.05, 3.63) is 35.4 Å². The molecule has 2 rings (SSSR count). The Kier molecular flexibility index (Phi) is 4.12. The van der Waals surface area contributed by atoms with E-state index in [0.29, 0.717) is 12.2 Å². The third kappa shape index (κ3) is 3.54. The van der Waals surface area contributed by atoms with Crippen LogP contribution >= 0.6 is 0 Å². The van der Waals surface area contributed by atoms with Crippen molar-refractivity contribution in [2.75, 3.05) is 13.1 Å². The van der Waals surface area contributed by atoms with Crippen LogP contribution in [0.15, 0.2) is 24.3 Å². The average molecular weight is 234 g/mol. The van der Waals surface area contributed by atoms with E-state index < -0.39 is 5.91 Å². The maximum absolute atomic E-state index is 11.0. The summed E-state index contributed by atoms with van der Waals surface area (Å²) in [6, 6.07) is 7.28. The highest BCUT2D eigenvalue weighted by Gasteiger charge is 2.13. The summed E-state index contributed by atoms with van der Waals surface area (Å²) in [4.78, 5) is 11.0. The minimum atomic E-state index is -0.397. The predicted molar refractivity (Wildman–Crippen MR) is 65.6 cm³/mol. The van der Waals surface area contributed by atoms with Crippen molar-refractivity contribution < 1.29 is 9.53 Å². The first kappa shape index (κ1) is 12.1. The van der Waals surface area contributed by atoms with Crippen LogP contribution in [0.2, 0.25) is 0 Å². The number of piperidine rings is 1. The van der Waals surface area contributed by atoms with Gasteiger partial charge in [0.1, 0.15) is 0 Å². The number of hydrogen-bond acceptors (Lipinski definition) is 3. The molecule has 0 spiro atoms. The highest BCUT2D eigenvalue weighted by atomic mass is 16.5. The van der Waals surface area contributed by atoms with E-state index in [-0.39, 0.29) is 6.10 Å². The number of nitrogens with one attached hydrogen (secondary N) is 1. The van der Waals surface area contributed by atoms with Gasteiger partial charge in [0.05, 0.1) is 12.7 Å². The molecule has 17 heavy (non-hydrogen) atoms. The molecule has 1 aliphatic rings. The van der Waals surface area contributed by atoms with Crippen LogP contribution in [0.4, 0.5) is 0 Å². The Bertz CT molecular complexity index is 387. The number of rotatable bonds is 4. The van der Waals surface area contributed by atoms with Crippen molar-refractivity contribution >= 4 is 5.91 Å². The lowest BCUT2D eigenvalue weighted by molar-refractivity contribution is 0.0253.